The Morgan fingerprint density at radius 1 is 1.23 bits per heavy atom. The molecular weight excluding hydrogens is 278 g/mol. The number of hydrogen-bond donors (Lipinski definition) is 3. The third-order valence-corrected chi connectivity index (χ3v) is 2.96. The normalized spacial score (nSPS) is 10.6. The van der Waals surface area contributed by atoms with Crippen LogP contribution >= 0.6 is 0 Å². The van der Waals surface area contributed by atoms with Crippen molar-refractivity contribution < 1.29 is 4.74 Å². The number of rotatable bonds is 5. The molecule has 0 aromatic heterocycles. The van der Waals surface area contributed by atoms with Crippen molar-refractivity contribution in [2.75, 3.05) is 12.5 Å². The zero-order chi connectivity index (χ0) is 15.9. The number of hydrogen-bond acceptors (Lipinski definition) is 5. The van der Waals surface area contributed by atoms with Crippen molar-refractivity contribution in [3.63, 3.8) is 0 Å². The van der Waals surface area contributed by atoms with Crippen LogP contribution in [0.3, 0.4) is 0 Å². The van der Waals surface area contributed by atoms with Gasteiger partial charge in [0.1, 0.15) is 11.8 Å². The van der Waals surface area contributed by atoms with Crippen LogP contribution < -0.4 is 15.9 Å². The van der Waals surface area contributed by atoms with Crippen LogP contribution in [0.5, 0.6) is 5.75 Å². The number of nitrogens with two attached hydrogens (primary N) is 1. The lowest BCUT2D eigenvalue weighted by Gasteiger charge is -2.10. The number of methoxy groups -OCH3 is 1. The van der Waals surface area contributed by atoms with Crippen LogP contribution in [0.25, 0.3) is 11.1 Å². The summed E-state index contributed by atoms with van der Waals surface area (Å²) >= 11 is 0. The summed E-state index contributed by atoms with van der Waals surface area (Å²) in [4.78, 5) is 0. The Morgan fingerprint density at radius 2 is 1.95 bits per heavy atom. The summed E-state index contributed by atoms with van der Waals surface area (Å²) in [5.41, 5.74) is 10.4. The molecule has 0 heterocycles. The van der Waals surface area contributed by atoms with Gasteiger partial charge in [-0.05, 0) is 23.3 Å². The van der Waals surface area contributed by atoms with E-state index >= 15 is 0 Å². The molecule has 0 spiro atoms. The van der Waals surface area contributed by atoms with Crippen LogP contribution in [-0.2, 0) is 0 Å². The Labute approximate surface area is 128 Å². The van der Waals surface area contributed by atoms with E-state index in [9.17, 15) is 0 Å². The molecule has 0 fully saturated rings. The van der Waals surface area contributed by atoms with E-state index in [2.05, 4.69) is 10.5 Å². The first-order valence-corrected chi connectivity index (χ1v) is 6.47. The molecule has 0 unspecified atom stereocenters. The highest BCUT2D eigenvalue weighted by Gasteiger charge is 2.07. The average molecular weight is 293 g/mol. The lowest BCUT2D eigenvalue weighted by atomic mass is 10.1. The summed E-state index contributed by atoms with van der Waals surface area (Å²) in [7, 11) is 1.54. The van der Waals surface area contributed by atoms with Gasteiger partial charge in [-0.3, -0.25) is 10.8 Å². The number of nitriles is 1. The summed E-state index contributed by atoms with van der Waals surface area (Å²) < 4.78 is 5.26. The van der Waals surface area contributed by atoms with Crippen LogP contribution in [0.15, 0.2) is 53.6 Å². The summed E-state index contributed by atoms with van der Waals surface area (Å²) in [6, 6.07) is 17.2. The Balaban J connectivity index is 2.38. The fraction of sp³-hybridized carbons (Fsp3) is 0.0625. The standard InChI is InChI=1S/C16H15N5O/c1-22-15-8-7-12(11-5-3-2-4-6-11)9-13(15)20-21-14(10-17)16(18)19/h2-9,20H,1H3,(H3,18,19)/b21-14+. The highest BCUT2D eigenvalue weighted by Crippen LogP contribution is 2.30. The van der Waals surface area contributed by atoms with Gasteiger partial charge in [-0.25, -0.2) is 0 Å². The molecule has 0 aliphatic carbocycles. The minimum absolute atomic E-state index is 0.188. The maximum Gasteiger partial charge on any atom is 0.201 e. The van der Waals surface area contributed by atoms with Crippen molar-refractivity contribution in [1.29, 1.82) is 10.7 Å². The quantitative estimate of drug-likeness (QED) is 0.447. The molecule has 0 aliphatic rings. The first-order chi connectivity index (χ1) is 10.7. The number of anilines is 1. The molecule has 0 atom stereocenters. The van der Waals surface area contributed by atoms with Crippen molar-refractivity contribution in [2.45, 2.75) is 0 Å². The molecule has 0 radical (unpaired) electrons. The Morgan fingerprint density at radius 3 is 2.55 bits per heavy atom. The molecule has 6 heteroatoms. The second-order valence-electron chi connectivity index (χ2n) is 4.38. The molecule has 0 saturated carbocycles. The second kappa shape index (κ2) is 6.90. The fourth-order valence-electron chi connectivity index (χ4n) is 1.87. The van der Waals surface area contributed by atoms with Crippen molar-refractivity contribution in [1.82, 2.24) is 0 Å². The van der Waals surface area contributed by atoms with Gasteiger partial charge in [-0.15, -0.1) is 0 Å². The van der Waals surface area contributed by atoms with Gasteiger partial charge in [0.2, 0.25) is 5.71 Å². The van der Waals surface area contributed by atoms with Gasteiger partial charge >= 0.3 is 0 Å². The molecule has 0 bridgehead atoms. The van der Waals surface area contributed by atoms with E-state index in [4.69, 9.17) is 21.1 Å². The van der Waals surface area contributed by atoms with Crippen LogP contribution in [0.1, 0.15) is 0 Å². The Hall–Kier alpha value is -3.33. The van der Waals surface area contributed by atoms with E-state index in [0.717, 1.165) is 11.1 Å². The summed E-state index contributed by atoms with van der Waals surface area (Å²) in [5.74, 6) is 0.178. The topological polar surface area (TPSA) is 107 Å². The third kappa shape index (κ3) is 3.41. The van der Waals surface area contributed by atoms with E-state index in [1.54, 1.807) is 19.2 Å². The molecule has 6 nitrogen and oxygen atoms in total. The molecule has 110 valence electrons. The maximum atomic E-state index is 8.86. The van der Waals surface area contributed by atoms with Crippen LogP contribution in [0.2, 0.25) is 0 Å². The van der Waals surface area contributed by atoms with Gasteiger partial charge in [0, 0.05) is 0 Å². The minimum Gasteiger partial charge on any atom is -0.495 e. The maximum absolute atomic E-state index is 8.86. The van der Waals surface area contributed by atoms with Gasteiger partial charge in [-0.1, -0.05) is 36.4 Å². The molecule has 0 aliphatic heterocycles. The smallest absolute Gasteiger partial charge is 0.201 e. The number of amidine groups is 1. The molecule has 2 rings (SSSR count). The SMILES string of the molecule is COc1ccc(-c2ccccc2)cc1N/N=C(\C#N)C(=N)N. The van der Waals surface area contributed by atoms with Crippen LogP contribution in [0.4, 0.5) is 5.69 Å². The van der Waals surface area contributed by atoms with E-state index in [1.165, 1.54) is 0 Å². The average Bonchev–Trinajstić information content (AvgIpc) is 2.55. The van der Waals surface area contributed by atoms with Gasteiger partial charge < -0.3 is 10.5 Å². The molecule has 2 aromatic rings. The highest BCUT2D eigenvalue weighted by atomic mass is 16.5. The first-order valence-electron chi connectivity index (χ1n) is 6.47. The monoisotopic (exact) mass is 293 g/mol. The first kappa shape index (κ1) is 15.1. The van der Waals surface area contributed by atoms with Gasteiger partial charge in [-0.2, -0.15) is 10.4 Å². The lowest BCUT2D eigenvalue weighted by molar-refractivity contribution is 0.416. The van der Waals surface area contributed by atoms with Gasteiger partial charge in [0.15, 0.2) is 5.84 Å². The molecular formula is C16H15N5O. The number of nitrogens with zero attached hydrogens (tertiary/aromatic N) is 2. The van der Waals surface area contributed by atoms with Crippen molar-refractivity contribution in [3.8, 4) is 22.9 Å². The highest BCUT2D eigenvalue weighted by molar-refractivity contribution is 6.45. The summed E-state index contributed by atoms with van der Waals surface area (Å²) in [6.45, 7) is 0. The zero-order valence-electron chi connectivity index (χ0n) is 12.0. The van der Waals surface area contributed by atoms with Crippen LogP contribution in [-0.4, -0.2) is 18.7 Å². The predicted octanol–water partition coefficient (Wildman–Crippen LogP) is 2.59. The Bertz CT molecular complexity index is 747. The van der Waals surface area contributed by atoms with E-state index in [1.807, 2.05) is 42.5 Å². The number of hydrazone groups is 1. The summed E-state index contributed by atoms with van der Waals surface area (Å²) in [5, 5.41) is 19.9. The van der Waals surface area contributed by atoms with Crippen molar-refractivity contribution >= 4 is 17.2 Å². The number of ether oxygens (including phenoxy) is 1. The fourth-order valence-corrected chi connectivity index (χ4v) is 1.87. The van der Waals surface area contributed by atoms with E-state index < -0.39 is 5.84 Å². The van der Waals surface area contributed by atoms with E-state index in [0.29, 0.717) is 11.4 Å². The molecule has 2 aromatic carbocycles. The molecule has 0 saturated heterocycles. The van der Waals surface area contributed by atoms with Crippen LogP contribution in [0, 0.1) is 16.7 Å². The van der Waals surface area contributed by atoms with Gasteiger partial charge in [0.25, 0.3) is 0 Å². The summed E-state index contributed by atoms with van der Waals surface area (Å²) in [6.07, 6.45) is 0. The zero-order valence-corrected chi connectivity index (χ0v) is 12.0. The molecule has 4 N–H and O–H groups in total. The van der Waals surface area contributed by atoms with Crippen molar-refractivity contribution in [2.24, 2.45) is 10.8 Å². The largest absolute Gasteiger partial charge is 0.495 e. The Kier molecular flexibility index (Phi) is 4.73. The lowest BCUT2D eigenvalue weighted by Crippen LogP contribution is -2.21. The number of nitrogens with one attached hydrogen (secondary N) is 2. The second-order valence-corrected chi connectivity index (χ2v) is 4.38. The third-order valence-electron chi connectivity index (χ3n) is 2.96. The van der Waals surface area contributed by atoms with Crippen molar-refractivity contribution in [3.05, 3.63) is 48.5 Å². The minimum atomic E-state index is -0.395. The molecule has 22 heavy (non-hydrogen) atoms. The number of benzene rings is 2. The van der Waals surface area contributed by atoms with E-state index in [-0.39, 0.29) is 5.71 Å². The molecule has 0 amide bonds. The van der Waals surface area contributed by atoms with Gasteiger partial charge in [0.05, 0.1) is 12.8 Å². The predicted molar refractivity (Wildman–Crippen MR) is 87.0 cm³/mol.